The predicted octanol–water partition coefficient (Wildman–Crippen LogP) is 2.63. The van der Waals surface area contributed by atoms with Gasteiger partial charge in [0.25, 0.3) is 0 Å². The van der Waals surface area contributed by atoms with Gasteiger partial charge in [-0.05, 0) is 13.3 Å². The van der Waals surface area contributed by atoms with Crippen LogP contribution < -0.4 is 0 Å². The number of esters is 1. The Morgan fingerprint density at radius 2 is 2.15 bits per heavy atom. The maximum absolute atomic E-state index is 10.8. The Morgan fingerprint density at radius 3 is 2.62 bits per heavy atom. The fraction of sp³-hybridized carbons (Fsp3) is 0.364. The molecule has 0 fully saturated rings. The quantitative estimate of drug-likeness (QED) is 0.480. The average molecular weight is 180 g/mol. The highest BCUT2D eigenvalue weighted by Crippen LogP contribution is 2.07. The Morgan fingerprint density at radius 1 is 1.46 bits per heavy atom. The number of methoxy groups -OCH3 is 1. The van der Waals surface area contributed by atoms with Crippen LogP contribution in [0.3, 0.4) is 0 Å². The second-order valence-electron chi connectivity index (χ2n) is 2.53. The number of carbonyl (C=O) groups is 1. The minimum atomic E-state index is -0.175. The normalized spacial score (nSPS) is 11.7. The van der Waals surface area contributed by atoms with E-state index in [0.717, 1.165) is 5.57 Å². The molecule has 2 nitrogen and oxygen atoms in total. The third-order valence-corrected chi connectivity index (χ3v) is 1.66. The first-order valence-electron chi connectivity index (χ1n) is 4.25. The van der Waals surface area contributed by atoms with Crippen LogP contribution in [0, 0.1) is 0 Å². The summed E-state index contributed by atoms with van der Waals surface area (Å²) in [5.74, 6) is -0.175. The van der Waals surface area contributed by atoms with E-state index in [1.165, 1.54) is 7.11 Å². The van der Waals surface area contributed by atoms with Gasteiger partial charge in [0.05, 0.1) is 7.11 Å². The fourth-order valence-corrected chi connectivity index (χ4v) is 0.864. The molecule has 0 aromatic carbocycles. The number of hydrogen-bond donors (Lipinski definition) is 0. The summed E-state index contributed by atoms with van der Waals surface area (Å²) < 4.78 is 4.54. The van der Waals surface area contributed by atoms with Crippen molar-refractivity contribution in [2.75, 3.05) is 7.11 Å². The lowest BCUT2D eigenvalue weighted by Crippen LogP contribution is -1.99. The number of ether oxygens (including phenoxy) is 1. The summed E-state index contributed by atoms with van der Waals surface area (Å²) in [4.78, 5) is 10.8. The zero-order chi connectivity index (χ0) is 10.1. The summed E-state index contributed by atoms with van der Waals surface area (Å²) >= 11 is 0. The van der Waals surface area contributed by atoms with E-state index in [-0.39, 0.29) is 5.97 Å². The first-order chi connectivity index (χ1) is 6.24. The van der Waals surface area contributed by atoms with Gasteiger partial charge < -0.3 is 4.74 Å². The summed E-state index contributed by atoms with van der Waals surface area (Å²) in [6, 6.07) is 0. The zero-order valence-electron chi connectivity index (χ0n) is 8.25. The van der Waals surface area contributed by atoms with Crippen LogP contribution in [-0.2, 0) is 9.53 Å². The van der Waals surface area contributed by atoms with Crippen LogP contribution in [0.25, 0.3) is 0 Å². The second-order valence-corrected chi connectivity index (χ2v) is 2.53. The van der Waals surface area contributed by atoms with Crippen LogP contribution in [-0.4, -0.2) is 13.1 Å². The molecule has 0 unspecified atom stereocenters. The van der Waals surface area contributed by atoms with Gasteiger partial charge in [-0.15, -0.1) is 0 Å². The third-order valence-electron chi connectivity index (χ3n) is 1.66. The van der Waals surface area contributed by atoms with Gasteiger partial charge in [0.2, 0.25) is 0 Å². The molecular weight excluding hydrogens is 164 g/mol. The summed E-state index contributed by atoms with van der Waals surface area (Å²) in [6.07, 6.45) is 8.62. The van der Waals surface area contributed by atoms with Gasteiger partial charge in [0, 0.05) is 6.42 Å². The number of carbonyl (C=O) groups excluding carboxylic acids is 1. The monoisotopic (exact) mass is 180 g/mol. The largest absolute Gasteiger partial charge is 0.469 e. The number of allylic oxidation sites excluding steroid dienone is 5. The van der Waals surface area contributed by atoms with Gasteiger partial charge in [0.15, 0.2) is 0 Å². The molecule has 72 valence electrons. The van der Waals surface area contributed by atoms with Gasteiger partial charge >= 0.3 is 5.97 Å². The van der Waals surface area contributed by atoms with Crippen molar-refractivity contribution in [2.45, 2.75) is 19.8 Å². The minimum absolute atomic E-state index is 0.175. The molecule has 0 aromatic rings. The molecule has 0 spiro atoms. The zero-order valence-corrected chi connectivity index (χ0v) is 8.25. The van der Waals surface area contributed by atoms with Crippen molar-refractivity contribution in [1.82, 2.24) is 0 Å². The molecular formula is C11H16O2. The van der Waals surface area contributed by atoms with E-state index in [1.807, 2.05) is 25.2 Å². The van der Waals surface area contributed by atoms with Crippen molar-refractivity contribution in [3.8, 4) is 0 Å². The summed E-state index contributed by atoms with van der Waals surface area (Å²) in [5.41, 5.74) is 1.12. The lowest BCUT2D eigenvalue weighted by Gasteiger charge is -1.99. The molecule has 0 heterocycles. The Labute approximate surface area is 79.6 Å². The molecule has 0 saturated carbocycles. The highest BCUT2D eigenvalue weighted by Gasteiger charge is 2.00. The maximum Gasteiger partial charge on any atom is 0.305 e. The average Bonchev–Trinajstić information content (AvgIpc) is 2.17. The number of hydrogen-bond acceptors (Lipinski definition) is 2. The highest BCUT2D eigenvalue weighted by molar-refractivity contribution is 5.69. The molecule has 0 aromatic heterocycles. The van der Waals surface area contributed by atoms with Crippen LogP contribution in [0.4, 0.5) is 0 Å². The van der Waals surface area contributed by atoms with E-state index in [1.54, 1.807) is 6.08 Å². The van der Waals surface area contributed by atoms with Gasteiger partial charge in [0.1, 0.15) is 0 Å². The van der Waals surface area contributed by atoms with Crippen LogP contribution in [0.5, 0.6) is 0 Å². The Balaban J connectivity index is 3.94. The molecule has 0 atom stereocenters. The van der Waals surface area contributed by atoms with Crippen molar-refractivity contribution < 1.29 is 9.53 Å². The van der Waals surface area contributed by atoms with Gasteiger partial charge in [-0.2, -0.15) is 0 Å². The molecule has 0 radical (unpaired) electrons. The van der Waals surface area contributed by atoms with Crippen LogP contribution in [0.15, 0.2) is 36.5 Å². The van der Waals surface area contributed by atoms with E-state index in [9.17, 15) is 4.79 Å². The molecule has 0 aliphatic heterocycles. The van der Waals surface area contributed by atoms with Crippen LogP contribution >= 0.6 is 0 Å². The SMILES string of the molecule is C=C/C=C\C(=C/C)CCC(=O)OC. The van der Waals surface area contributed by atoms with Gasteiger partial charge in [-0.1, -0.05) is 36.5 Å². The van der Waals surface area contributed by atoms with Gasteiger partial charge in [-0.3, -0.25) is 4.79 Å². The summed E-state index contributed by atoms with van der Waals surface area (Å²) in [6.45, 7) is 5.52. The molecule has 0 aliphatic rings. The first-order valence-corrected chi connectivity index (χ1v) is 4.25. The fourth-order valence-electron chi connectivity index (χ4n) is 0.864. The smallest absolute Gasteiger partial charge is 0.305 e. The van der Waals surface area contributed by atoms with Crippen molar-refractivity contribution in [3.05, 3.63) is 36.5 Å². The van der Waals surface area contributed by atoms with Crippen molar-refractivity contribution in [1.29, 1.82) is 0 Å². The van der Waals surface area contributed by atoms with E-state index in [0.29, 0.717) is 12.8 Å². The topological polar surface area (TPSA) is 26.3 Å². The molecule has 0 amide bonds. The molecule has 0 N–H and O–H groups in total. The minimum Gasteiger partial charge on any atom is -0.469 e. The molecule has 2 heteroatoms. The van der Waals surface area contributed by atoms with Crippen molar-refractivity contribution >= 4 is 5.97 Å². The Bertz CT molecular complexity index is 224. The molecule has 0 aliphatic carbocycles. The molecule has 0 bridgehead atoms. The second kappa shape index (κ2) is 7.35. The maximum atomic E-state index is 10.8. The van der Waals surface area contributed by atoms with Crippen LogP contribution in [0.2, 0.25) is 0 Å². The van der Waals surface area contributed by atoms with Crippen LogP contribution in [0.1, 0.15) is 19.8 Å². The summed E-state index contributed by atoms with van der Waals surface area (Å²) in [5, 5.41) is 0. The van der Waals surface area contributed by atoms with E-state index >= 15 is 0 Å². The highest BCUT2D eigenvalue weighted by atomic mass is 16.5. The molecule has 0 rings (SSSR count). The van der Waals surface area contributed by atoms with E-state index in [2.05, 4.69) is 11.3 Å². The molecule has 0 saturated heterocycles. The Kier molecular flexibility index (Phi) is 6.60. The lowest BCUT2D eigenvalue weighted by atomic mass is 10.1. The Hall–Kier alpha value is -1.31. The summed E-state index contributed by atoms with van der Waals surface area (Å²) in [7, 11) is 1.40. The number of rotatable bonds is 5. The van der Waals surface area contributed by atoms with Crippen molar-refractivity contribution in [2.24, 2.45) is 0 Å². The molecule has 13 heavy (non-hydrogen) atoms. The van der Waals surface area contributed by atoms with Crippen molar-refractivity contribution in [3.63, 3.8) is 0 Å². The van der Waals surface area contributed by atoms with E-state index in [4.69, 9.17) is 0 Å². The van der Waals surface area contributed by atoms with Gasteiger partial charge in [-0.25, -0.2) is 0 Å². The lowest BCUT2D eigenvalue weighted by molar-refractivity contribution is -0.140. The van der Waals surface area contributed by atoms with E-state index < -0.39 is 0 Å². The predicted molar refractivity (Wildman–Crippen MR) is 54.3 cm³/mol. The first kappa shape index (κ1) is 11.7. The third kappa shape index (κ3) is 5.91. The standard InChI is InChI=1S/C11H16O2/c1-4-6-7-10(5-2)8-9-11(12)13-3/h4-7H,1,8-9H2,2-3H3/b7-6-,10-5+.